The summed E-state index contributed by atoms with van der Waals surface area (Å²) in [5, 5.41) is 3.42. The van der Waals surface area contributed by atoms with Crippen molar-refractivity contribution in [3.05, 3.63) is 47.9 Å². The largest absolute Gasteiger partial charge is 0.385 e. The highest BCUT2D eigenvalue weighted by Crippen LogP contribution is 2.14. The maximum absolute atomic E-state index is 4.20. The zero-order valence-electron chi connectivity index (χ0n) is 16.3. The molecule has 0 bridgehead atoms. The van der Waals surface area contributed by atoms with Crippen LogP contribution < -0.4 is 5.32 Å². The van der Waals surface area contributed by atoms with Crippen molar-refractivity contribution >= 4 is 0 Å². The topological polar surface area (TPSA) is 15.3 Å². The Labute approximate surface area is 145 Å². The first-order valence-corrected chi connectivity index (χ1v) is 8.98. The van der Waals surface area contributed by atoms with Crippen molar-refractivity contribution in [2.75, 3.05) is 20.1 Å². The molecule has 0 aliphatic rings. The van der Waals surface area contributed by atoms with Crippen LogP contribution in [0.5, 0.6) is 0 Å². The van der Waals surface area contributed by atoms with Crippen LogP contribution in [-0.4, -0.2) is 25.0 Å². The molecule has 0 heterocycles. The quantitative estimate of drug-likeness (QED) is 0.369. The smallest absolute Gasteiger partial charge is 0.0320 e. The molecule has 23 heavy (non-hydrogen) atoms. The molecule has 2 nitrogen and oxygen atoms in total. The highest BCUT2D eigenvalue weighted by molar-refractivity contribution is 5.34. The van der Waals surface area contributed by atoms with Crippen molar-refractivity contribution in [2.24, 2.45) is 5.92 Å². The molecule has 0 fully saturated rings. The Morgan fingerprint density at radius 1 is 1.04 bits per heavy atom. The van der Waals surface area contributed by atoms with Crippen LogP contribution in [-0.2, 0) is 0 Å². The summed E-state index contributed by atoms with van der Waals surface area (Å²) in [6.45, 7) is 21.3. The molecule has 0 rings (SSSR count). The summed E-state index contributed by atoms with van der Waals surface area (Å²) in [6, 6.07) is 0. The van der Waals surface area contributed by atoms with Gasteiger partial charge in [0.05, 0.1) is 0 Å². The maximum Gasteiger partial charge on any atom is 0.0320 e. The second kappa shape index (κ2) is 12.0. The van der Waals surface area contributed by atoms with Crippen LogP contribution in [0.2, 0.25) is 0 Å². The molecule has 0 aliphatic carbocycles. The first kappa shape index (κ1) is 21.6. The summed E-state index contributed by atoms with van der Waals surface area (Å²) in [6.07, 6.45) is 9.37. The van der Waals surface area contributed by atoms with Crippen molar-refractivity contribution in [2.45, 2.75) is 60.3 Å². The van der Waals surface area contributed by atoms with Gasteiger partial charge in [-0.2, -0.15) is 0 Å². The summed E-state index contributed by atoms with van der Waals surface area (Å²) in [5.41, 5.74) is 4.48. The van der Waals surface area contributed by atoms with Crippen molar-refractivity contribution in [1.82, 2.24) is 10.2 Å². The van der Waals surface area contributed by atoms with Crippen LogP contribution in [0.1, 0.15) is 60.3 Å². The predicted molar refractivity (Wildman–Crippen MR) is 105 cm³/mol. The highest BCUT2D eigenvalue weighted by atomic mass is 15.1. The van der Waals surface area contributed by atoms with Crippen LogP contribution in [0.3, 0.4) is 0 Å². The summed E-state index contributed by atoms with van der Waals surface area (Å²) in [4.78, 5) is 2.22. The van der Waals surface area contributed by atoms with Crippen LogP contribution in [0.15, 0.2) is 47.9 Å². The molecular formula is C21H38N2. The predicted octanol–water partition coefficient (Wildman–Crippen LogP) is 5.66. The zero-order chi connectivity index (χ0) is 17.8. The standard InChI is InChI=1S/C21H38N2/c1-9-10-11-12-15-22-20(6)18(4)13-14-19(5)21(7)23(8)16-17(2)3/h13-14,17,22H,6-7,9-12,15-16H2,1-5,8H3/b18-13+,19-14+. The molecule has 0 aromatic rings. The van der Waals surface area contributed by atoms with E-state index in [1.54, 1.807) is 0 Å². The molecule has 0 spiro atoms. The third-order valence-corrected chi connectivity index (χ3v) is 3.98. The van der Waals surface area contributed by atoms with Gasteiger partial charge in [0.2, 0.25) is 0 Å². The van der Waals surface area contributed by atoms with Crippen molar-refractivity contribution in [1.29, 1.82) is 0 Å². The molecule has 0 aliphatic heterocycles. The first-order chi connectivity index (χ1) is 10.8. The molecule has 0 atom stereocenters. The molecule has 0 saturated heterocycles. The second-order valence-corrected chi connectivity index (χ2v) is 6.89. The van der Waals surface area contributed by atoms with Crippen molar-refractivity contribution in [3.63, 3.8) is 0 Å². The minimum atomic E-state index is 0.638. The summed E-state index contributed by atoms with van der Waals surface area (Å²) >= 11 is 0. The molecule has 0 radical (unpaired) electrons. The Hall–Kier alpha value is -1.44. The molecule has 1 N–H and O–H groups in total. The van der Waals surface area contributed by atoms with E-state index >= 15 is 0 Å². The normalized spacial score (nSPS) is 12.5. The molecule has 2 heteroatoms. The van der Waals surface area contributed by atoms with Gasteiger partial charge in [0.1, 0.15) is 0 Å². The Bertz CT molecular complexity index is 427. The number of nitrogens with one attached hydrogen (secondary N) is 1. The van der Waals surface area contributed by atoms with E-state index in [2.05, 4.69) is 77.2 Å². The molecular weight excluding hydrogens is 280 g/mol. The van der Waals surface area contributed by atoms with Gasteiger partial charge in [-0.3, -0.25) is 0 Å². The van der Waals surface area contributed by atoms with Gasteiger partial charge in [-0.05, 0) is 37.3 Å². The number of nitrogens with zero attached hydrogens (tertiary/aromatic N) is 1. The fourth-order valence-electron chi connectivity index (χ4n) is 2.34. The van der Waals surface area contributed by atoms with Gasteiger partial charge >= 0.3 is 0 Å². The van der Waals surface area contributed by atoms with Crippen LogP contribution >= 0.6 is 0 Å². The van der Waals surface area contributed by atoms with Gasteiger partial charge in [0, 0.05) is 31.5 Å². The number of likely N-dealkylation sites (N-methyl/N-ethyl adjacent to an activating group) is 1. The molecule has 132 valence electrons. The van der Waals surface area contributed by atoms with E-state index in [0.29, 0.717) is 5.92 Å². The van der Waals surface area contributed by atoms with E-state index in [4.69, 9.17) is 0 Å². The number of hydrogen-bond donors (Lipinski definition) is 1. The lowest BCUT2D eigenvalue weighted by Crippen LogP contribution is -2.22. The van der Waals surface area contributed by atoms with E-state index in [1.165, 1.54) is 36.8 Å². The van der Waals surface area contributed by atoms with Gasteiger partial charge in [0.15, 0.2) is 0 Å². The Balaban J connectivity index is 4.42. The lowest BCUT2D eigenvalue weighted by atomic mass is 10.1. The van der Waals surface area contributed by atoms with E-state index in [9.17, 15) is 0 Å². The molecule has 0 aromatic carbocycles. The van der Waals surface area contributed by atoms with Crippen LogP contribution in [0.4, 0.5) is 0 Å². The number of unbranched alkanes of at least 4 members (excludes halogenated alkanes) is 3. The fourth-order valence-corrected chi connectivity index (χ4v) is 2.34. The van der Waals surface area contributed by atoms with Crippen LogP contribution in [0.25, 0.3) is 0 Å². The summed E-state index contributed by atoms with van der Waals surface area (Å²) in [7, 11) is 2.10. The SMILES string of the molecule is C=C(NCCCCCC)/C(C)=C/C=C(\C)C(=C)N(C)CC(C)C. The second-order valence-electron chi connectivity index (χ2n) is 6.89. The van der Waals surface area contributed by atoms with Gasteiger partial charge in [0.25, 0.3) is 0 Å². The first-order valence-electron chi connectivity index (χ1n) is 8.98. The van der Waals surface area contributed by atoms with Crippen molar-refractivity contribution in [3.8, 4) is 0 Å². The Morgan fingerprint density at radius 3 is 2.22 bits per heavy atom. The number of allylic oxidation sites excluding steroid dienone is 4. The van der Waals surface area contributed by atoms with E-state index in [-0.39, 0.29) is 0 Å². The maximum atomic E-state index is 4.20. The highest BCUT2D eigenvalue weighted by Gasteiger charge is 2.05. The third-order valence-electron chi connectivity index (χ3n) is 3.98. The third kappa shape index (κ3) is 10.0. The van der Waals surface area contributed by atoms with Gasteiger partial charge in [-0.15, -0.1) is 0 Å². The molecule has 0 saturated carbocycles. The minimum absolute atomic E-state index is 0.638. The molecule has 0 unspecified atom stereocenters. The zero-order valence-corrected chi connectivity index (χ0v) is 16.3. The van der Waals surface area contributed by atoms with Gasteiger partial charge < -0.3 is 10.2 Å². The van der Waals surface area contributed by atoms with E-state index in [1.807, 2.05) is 0 Å². The summed E-state index contributed by atoms with van der Waals surface area (Å²) in [5.74, 6) is 0.638. The average Bonchev–Trinajstić information content (AvgIpc) is 2.50. The minimum Gasteiger partial charge on any atom is -0.385 e. The Morgan fingerprint density at radius 2 is 1.65 bits per heavy atom. The lowest BCUT2D eigenvalue weighted by molar-refractivity contribution is 0.368. The van der Waals surface area contributed by atoms with Gasteiger partial charge in [-0.25, -0.2) is 0 Å². The van der Waals surface area contributed by atoms with E-state index < -0.39 is 0 Å². The van der Waals surface area contributed by atoms with Crippen LogP contribution in [0, 0.1) is 5.92 Å². The number of rotatable bonds is 12. The fraction of sp³-hybridized carbons (Fsp3) is 0.619. The van der Waals surface area contributed by atoms with E-state index in [0.717, 1.165) is 24.5 Å². The molecule has 0 aromatic heterocycles. The summed E-state index contributed by atoms with van der Waals surface area (Å²) < 4.78 is 0. The molecule has 0 amide bonds. The Kier molecular flexibility index (Phi) is 11.3. The average molecular weight is 319 g/mol. The van der Waals surface area contributed by atoms with Gasteiger partial charge in [-0.1, -0.05) is 65.3 Å². The van der Waals surface area contributed by atoms with Crippen molar-refractivity contribution < 1.29 is 0 Å². The number of hydrogen-bond acceptors (Lipinski definition) is 2. The monoisotopic (exact) mass is 318 g/mol. The lowest BCUT2D eigenvalue weighted by Gasteiger charge is -2.24.